The zero-order valence-corrected chi connectivity index (χ0v) is 14.2. The molecule has 126 valence electrons. The van der Waals surface area contributed by atoms with Crippen molar-refractivity contribution in [3.8, 4) is 0 Å². The van der Waals surface area contributed by atoms with Crippen molar-refractivity contribution in [3.05, 3.63) is 12.2 Å². The van der Waals surface area contributed by atoms with E-state index in [4.69, 9.17) is 9.47 Å². The van der Waals surface area contributed by atoms with E-state index in [1.807, 2.05) is 0 Å². The van der Waals surface area contributed by atoms with Crippen molar-refractivity contribution < 1.29 is 19.1 Å². The van der Waals surface area contributed by atoms with E-state index >= 15 is 0 Å². The molecule has 0 aliphatic carbocycles. The SMILES string of the molecule is C=C(C)C(=O)OCCNC(=O)OC1CC(C)(C)NC(C)(C)C1. The van der Waals surface area contributed by atoms with Crippen LogP contribution in [0.1, 0.15) is 47.5 Å². The van der Waals surface area contributed by atoms with Crippen LogP contribution in [0.25, 0.3) is 0 Å². The van der Waals surface area contributed by atoms with Crippen LogP contribution < -0.4 is 10.6 Å². The normalized spacial score (nSPS) is 20.0. The number of carbonyl (C=O) groups is 2. The number of esters is 1. The van der Waals surface area contributed by atoms with E-state index < -0.39 is 12.1 Å². The standard InChI is InChI=1S/C16H28N2O4/c1-11(2)13(19)21-8-7-17-14(20)22-12-9-15(3,4)18-16(5,6)10-12/h12,18H,1,7-10H2,2-6H3,(H,17,20). The Morgan fingerprint density at radius 1 is 1.23 bits per heavy atom. The predicted octanol–water partition coefficient (Wildman–Crippen LogP) is 2.14. The summed E-state index contributed by atoms with van der Waals surface area (Å²) in [4.78, 5) is 23.0. The molecule has 6 heteroatoms. The van der Waals surface area contributed by atoms with Gasteiger partial charge in [0.2, 0.25) is 0 Å². The Morgan fingerprint density at radius 2 is 1.77 bits per heavy atom. The molecule has 1 saturated heterocycles. The molecule has 2 N–H and O–H groups in total. The molecule has 0 aromatic heterocycles. The van der Waals surface area contributed by atoms with Crippen molar-refractivity contribution in [1.29, 1.82) is 0 Å². The van der Waals surface area contributed by atoms with Gasteiger partial charge in [0.05, 0.1) is 6.54 Å². The summed E-state index contributed by atoms with van der Waals surface area (Å²) in [7, 11) is 0. The molecule has 0 saturated carbocycles. The second kappa shape index (κ2) is 7.13. The molecule has 6 nitrogen and oxygen atoms in total. The van der Waals surface area contributed by atoms with Crippen molar-refractivity contribution in [3.63, 3.8) is 0 Å². The molecule has 1 heterocycles. The van der Waals surface area contributed by atoms with E-state index in [1.165, 1.54) is 0 Å². The van der Waals surface area contributed by atoms with Gasteiger partial charge in [-0.3, -0.25) is 0 Å². The molecule has 1 fully saturated rings. The minimum atomic E-state index is -0.482. The van der Waals surface area contributed by atoms with E-state index in [2.05, 4.69) is 44.9 Å². The second-order valence-corrected chi connectivity index (χ2v) is 7.17. The first-order chi connectivity index (χ1) is 10.0. The van der Waals surface area contributed by atoms with Gasteiger partial charge < -0.3 is 20.1 Å². The van der Waals surface area contributed by atoms with Crippen LogP contribution in [0.15, 0.2) is 12.2 Å². The highest BCUT2D eigenvalue weighted by Gasteiger charge is 2.39. The molecule has 0 aromatic rings. The van der Waals surface area contributed by atoms with E-state index in [0.29, 0.717) is 5.57 Å². The van der Waals surface area contributed by atoms with Crippen LogP contribution in [0.3, 0.4) is 0 Å². The first-order valence-electron chi connectivity index (χ1n) is 7.57. The molecule has 1 aliphatic rings. The van der Waals surface area contributed by atoms with Gasteiger partial charge >= 0.3 is 12.1 Å². The molecule has 22 heavy (non-hydrogen) atoms. The number of amides is 1. The minimum absolute atomic E-state index is 0.0796. The maximum absolute atomic E-state index is 11.8. The fourth-order valence-corrected chi connectivity index (χ4v) is 2.93. The van der Waals surface area contributed by atoms with Crippen molar-refractivity contribution in [2.45, 2.75) is 64.6 Å². The first-order valence-corrected chi connectivity index (χ1v) is 7.57. The lowest BCUT2D eigenvalue weighted by atomic mass is 9.81. The third-order valence-corrected chi connectivity index (χ3v) is 3.38. The number of piperidine rings is 1. The molecule has 0 aromatic carbocycles. The number of rotatable bonds is 5. The van der Waals surface area contributed by atoms with Gasteiger partial charge in [-0.15, -0.1) is 0 Å². The number of alkyl carbamates (subject to hydrolysis) is 1. The summed E-state index contributed by atoms with van der Waals surface area (Å²) < 4.78 is 10.4. The Balaban J connectivity index is 2.33. The molecule has 0 atom stereocenters. The molecule has 0 radical (unpaired) electrons. The summed E-state index contributed by atoms with van der Waals surface area (Å²) in [6, 6.07) is 0. The lowest BCUT2D eigenvalue weighted by Crippen LogP contribution is -2.60. The van der Waals surface area contributed by atoms with Crippen LogP contribution in [-0.2, 0) is 14.3 Å². The van der Waals surface area contributed by atoms with E-state index in [0.717, 1.165) is 12.8 Å². The number of hydrogen-bond acceptors (Lipinski definition) is 5. The van der Waals surface area contributed by atoms with Crippen LogP contribution in [0, 0.1) is 0 Å². The van der Waals surface area contributed by atoms with Crippen LogP contribution in [-0.4, -0.2) is 42.4 Å². The van der Waals surface area contributed by atoms with Gasteiger partial charge in [-0.05, 0) is 34.6 Å². The quantitative estimate of drug-likeness (QED) is 0.462. The van der Waals surface area contributed by atoms with Gasteiger partial charge in [-0.25, -0.2) is 9.59 Å². The summed E-state index contributed by atoms with van der Waals surface area (Å²) in [5.74, 6) is -0.461. The monoisotopic (exact) mass is 312 g/mol. The molecular weight excluding hydrogens is 284 g/mol. The van der Waals surface area contributed by atoms with E-state index in [9.17, 15) is 9.59 Å². The Hall–Kier alpha value is -1.56. The van der Waals surface area contributed by atoms with Gasteiger partial charge in [0.25, 0.3) is 0 Å². The number of ether oxygens (including phenoxy) is 2. The van der Waals surface area contributed by atoms with Crippen molar-refractivity contribution in [2.24, 2.45) is 0 Å². The molecule has 0 unspecified atom stereocenters. The van der Waals surface area contributed by atoms with Gasteiger partial charge in [-0.1, -0.05) is 6.58 Å². The van der Waals surface area contributed by atoms with Gasteiger partial charge in [-0.2, -0.15) is 0 Å². The highest BCUT2D eigenvalue weighted by molar-refractivity contribution is 5.86. The zero-order chi connectivity index (χ0) is 17.0. The van der Waals surface area contributed by atoms with Crippen molar-refractivity contribution >= 4 is 12.1 Å². The molecular formula is C16H28N2O4. The topological polar surface area (TPSA) is 76.7 Å². The smallest absolute Gasteiger partial charge is 0.407 e. The fourth-order valence-electron chi connectivity index (χ4n) is 2.93. The Kier molecular flexibility index (Phi) is 6.00. The van der Waals surface area contributed by atoms with E-state index in [1.54, 1.807) is 6.92 Å². The molecule has 1 amide bonds. The Bertz CT molecular complexity index is 427. The van der Waals surface area contributed by atoms with Crippen LogP contribution in [0.2, 0.25) is 0 Å². The number of hydrogen-bond donors (Lipinski definition) is 2. The molecule has 1 aliphatic heterocycles. The lowest BCUT2D eigenvalue weighted by molar-refractivity contribution is -0.138. The highest BCUT2D eigenvalue weighted by atomic mass is 16.6. The minimum Gasteiger partial charge on any atom is -0.460 e. The summed E-state index contributed by atoms with van der Waals surface area (Å²) in [5.41, 5.74) is 0.176. The third kappa shape index (κ3) is 6.47. The number of carbonyl (C=O) groups excluding carboxylic acids is 2. The Morgan fingerprint density at radius 3 is 2.27 bits per heavy atom. The summed E-state index contributed by atoms with van der Waals surface area (Å²) in [5, 5.41) is 6.12. The van der Waals surface area contributed by atoms with Gasteiger partial charge in [0.1, 0.15) is 12.7 Å². The maximum atomic E-state index is 11.8. The molecule has 0 spiro atoms. The average molecular weight is 312 g/mol. The third-order valence-electron chi connectivity index (χ3n) is 3.38. The van der Waals surface area contributed by atoms with Gasteiger partial charge in [0, 0.05) is 29.5 Å². The molecule has 1 rings (SSSR count). The van der Waals surface area contributed by atoms with Crippen LogP contribution in [0.5, 0.6) is 0 Å². The maximum Gasteiger partial charge on any atom is 0.407 e. The number of nitrogens with one attached hydrogen (secondary N) is 2. The first kappa shape index (κ1) is 18.5. The Labute approximate surface area is 132 Å². The summed E-state index contributed by atoms with van der Waals surface area (Å²) in [6.45, 7) is 13.8. The molecule has 0 bridgehead atoms. The summed E-state index contributed by atoms with van der Waals surface area (Å²) >= 11 is 0. The average Bonchev–Trinajstić information content (AvgIpc) is 2.29. The zero-order valence-electron chi connectivity index (χ0n) is 14.2. The predicted molar refractivity (Wildman–Crippen MR) is 84.6 cm³/mol. The van der Waals surface area contributed by atoms with E-state index in [-0.39, 0.29) is 30.3 Å². The van der Waals surface area contributed by atoms with Gasteiger partial charge in [0.15, 0.2) is 0 Å². The highest BCUT2D eigenvalue weighted by Crippen LogP contribution is 2.30. The summed E-state index contributed by atoms with van der Waals surface area (Å²) in [6.07, 6.45) is 0.900. The fraction of sp³-hybridized carbons (Fsp3) is 0.750. The largest absolute Gasteiger partial charge is 0.460 e. The van der Waals surface area contributed by atoms with Crippen LogP contribution in [0.4, 0.5) is 4.79 Å². The second-order valence-electron chi connectivity index (χ2n) is 7.17. The van der Waals surface area contributed by atoms with Crippen molar-refractivity contribution in [1.82, 2.24) is 10.6 Å². The van der Waals surface area contributed by atoms with Crippen LogP contribution >= 0.6 is 0 Å². The van der Waals surface area contributed by atoms with Crippen molar-refractivity contribution in [2.75, 3.05) is 13.2 Å². The lowest BCUT2D eigenvalue weighted by Gasteiger charge is -2.45.